The third-order valence-electron chi connectivity index (χ3n) is 4.16. The highest BCUT2D eigenvalue weighted by molar-refractivity contribution is 7.99. The van der Waals surface area contributed by atoms with Crippen molar-refractivity contribution >= 4 is 23.5 Å². The number of thioether (sulfide) groups is 1. The maximum Gasteiger partial charge on any atom is 0.323 e. The van der Waals surface area contributed by atoms with E-state index >= 15 is 0 Å². The van der Waals surface area contributed by atoms with Crippen molar-refractivity contribution in [2.45, 2.75) is 12.3 Å². The van der Waals surface area contributed by atoms with E-state index in [9.17, 15) is 4.79 Å². The number of carbonyl (C=O) groups excluding carboxylic acids is 1. The van der Waals surface area contributed by atoms with Crippen molar-refractivity contribution in [3.8, 4) is 11.5 Å². The number of ether oxygens (including phenoxy) is 2. The zero-order valence-electron chi connectivity index (χ0n) is 14.6. The first-order chi connectivity index (χ1) is 12.1. The second-order valence-electron chi connectivity index (χ2n) is 5.82. The van der Waals surface area contributed by atoms with Crippen LogP contribution >= 0.6 is 11.8 Å². The molecule has 25 heavy (non-hydrogen) atoms. The minimum absolute atomic E-state index is 0.101. The lowest BCUT2D eigenvalue weighted by atomic mass is 10.1. The number of anilines is 1. The average Bonchev–Trinajstić information content (AvgIpc) is 3.12. The zero-order valence-corrected chi connectivity index (χ0v) is 15.4. The average molecular weight is 358 g/mol. The fraction of sp³-hybridized carbons (Fsp3) is 0.316. The summed E-state index contributed by atoms with van der Waals surface area (Å²) in [6, 6.07) is 13.4. The molecule has 1 N–H and O–H groups in total. The number of carbonyl (C=O) groups is 1. The second kappa shape index (κ2) is 7.70. The smallest absolute Gasteiger partial charge is 0.323 e. The summed E-state index contributed by atoms with van der Waals surface area (Å²) in [5.74, 6) is 2.39. The lowest BCUT2D eigenvalue weighted by molar-refractivity contribution is 0.213. The molecule has 1 fully saturated rings. The molecule has 1 atom stereocenters. The van der Waals surface area contributed by atoms with Gasteiger partial charge in [-0.3, -0.25) is 0 Å². The number of rotatable bonds is 4. The summed E-state index contributed by atoms with van der Waals surface area (Å²) in [6.45, 7) is 2.71. The topological polar surface area (TPSA) is 50.8 Å². The van der Waals surface area contributed by atoms with E-state index in [4.69, 9.17) is 9.47 Å². The highest BCUT2D eigenvalue weighted by atomic mass is 32.2. The van der Waals surface area contributed by atoms with Crippen molar-refractivity contribution < 1.29 is 14.3 Å². The number of hydrogen-bond donors (Lipinski definition) is 1. The van der Waals surface area contributed by atoms with Gasteiger partial charge in [-0.15, -0.1) is 11.8 Å². The van der Waals surface area contributed by atoms with E-state index in [-0.39, 0.29) is 11.4 Å². The molecule has 0 bridgehead atoms. The van der Waals surface area contributed by atoms with Crippen LogP contribution in [0.15, 0.2) is 42.5 Å². The van der Waals surface area contributed by atoms with E-state index in [1.165, 1.54) is 0 Å². The quantitative estimate of drug-likeness (QED) is 0.886. The van der Waals surface area contributed by atoms with Crippen LogP contribution in [0, 0.1) is 6.92 Å². The molecule has 0 spiro atoms. The summed E-state index contributed by atoms with van der Waals surface area (Å²) in [7, 11) is 3.27. The van der Waals surface area contributed by atoms with Crippen LogP contribution in [-0.2, 0) is 0 Å². The molecule has 0 aliphatic carbocycles. The molecule has 1 saturated heterocycles. The summed E-state index contributed by atoms with van der Waals surface area (Å²) < 4.78 is 10.8. The molecule has 5 nitrogen and oxygen atoms in total. The Hall–Kier alpha value is -2.34. The van der Waals surface area contributed by atoms with Gasteiger partial charge in [0.2, 0.25) is 0 Å². The summed E-state index contributed by atoms with van der Waals surface area (Å²) in [6.07, 6.45) is 0. The van der Waals surface area contributed by atoms with Gasteiger partial charge in [0.05, 0.1) is 14.2 Å². The predicted octanol–water partition coefficient (Wildman–Crippen LogP) is 4.29. The molecule has 2 amide bonds. The van der Waals surface area contributed by atoms with E-state index in [0.717, 1.165) is 34.1 Å². The van der Waals surface area contributed by atoms with Crippen molar-refractivity contribution in [3.63, 3.8) is 0 Å². The van der Waals surface area contributed by atoms with Crippen molar-refractivity contribution in [2.24, 2.45) is 0 Å². The number of nitrogens with zero attached hydrogens (tertiary/aromatic N) is 1. The molecule has 1 heterocycles. The Morgan fingerprint density at radius 2 is 1.92 bits per heavy atom. The summed E-state index contributed by atoms with van der Waals surface area (Å²) in [5.41, 5.74) is 2.90. The Morgan fingerprint density at radius 3 is 2.60 bits per heavy atom. The fourth-order valence-electron chi connectivity index (χ4n) is 2.80. The molecule has 1 unspecified atom stereocenters. The van der Waals surface area contributed by atoms with Crippen LogP contribution in [0.2, 0.25) is 0 Å². The molecule has 1 aliphatic heterocycles. The van der Waals surface area contributed by atoms with Gasteiger partial charge in [0.15, 0.2) is 0 Å². The first-order valence-corrected chi connectivity index (χ1v) is 9.15. The van der Waals surface area contributed by atoms with E-state index < -0.39 is 0 Å². The monoisotopic (exact) mass is 358 g/mol. The van der Waals surface area contributed by atoms with E-state index in [1.54, 1.807) is 26.0 Å². The van der Waals surface area contributed by atoms with Gasteiger partial charge < -0.3 is 19.7 Å². The molecular formula is C19H22N2O3S. The number of urea groups is 1. The summed E-state index contributed by atoms with van der Waals surface area (Å²) in [5, 5.41) is 2.88. The van der Waals surface area contributed by atoms with Crippen molar-refractivity contribution in [3.05, 3.63) is 53.6 Å². The molecular weight excluding hydrogens is 336 g/mol. The Balaban J connectivity index is 1.82. The molecule has 132 valence electrons. The standard InChI is InChI=1S/C19H22N2O3S/c1-13-4-6-14(7-5-13)20-19(22)21-10-11-25-18(21)16-12-15(23-2)8-9-17(16)24-3/h4-9,12,18H,10-11H2,1-3H3,(H,20,22). The number of benzene rings is 2. The first-order valence-electron chi connectivity index (χ1n) is 8.10. The van der Waals surface area contributed by atoms with Gasteiger partial charge in [-0.2, -0.15) is 0 Å². The minimum atomic E-state index is -0.108. The second-order valence-corrected chi connectivity index (χ2v) is 7.01. The van der Waals surface area contributed by atoms with Crippen molar-refractivity contribution in [1.82, 2.24) is 4.90 Å². The molecule has 0 aromatic heterocycles. The number of hydrogen-bond acceptors (Lipinski definition) is 4. The molecule has 2 aromatic carbocycles. The molecule has 2 aromatic rings. The van der Waals surface area contributed by atoms with Crippen LogP contribution in [0.1, 0.15) is 16.5 Å². The molecule has 0 saturated carbocycles. The maximum absolute atomic E-state index is 12.8. The van der Waals surface area contributed by atoms with Gasteiger partial charge in [0.1, 0.15) is 16.9 Å². The van der Waals surface area contributed by atoms with Gasteiger partial charge in [0, 0.05) is 23.5 Å². The van der Waals surface area contributed by atoms with Crippen LogP contribution in [0.25, 0.3) is 0 Å². The Kier molecular flexibility index (Phi) is 5.38. The van der Waals surface area contributed by atoms with Gasteiger partial charge >= 0.3 is 6.03 Å². The lowest BCUT2D eigenvalue weighted by Gasteiger charge is -2.26. The Labute approximate surface area is 152 Å². The summed E-state index contributed by atoms with van der Waals surface area (Å²) >= 11 is 1.72. The molecule has 6 heteroatoms. The molecule has 0 radical (unpaired) electrons. The predicted molar refractivity (Wildman–Crippen MR) is 102 cm³/mol. The van der Waals surface area contributed by atoms with Crippen LogP contribution in [0.3, 0.4) is 0 Å². The van der Waals surface area contributed by atoms with Crippen molar-refractivity contribution in [2.75, 3.05) is 31.8 Å². The van der Waals surface area contributed by atoms with Gasteiger partial charge in [0.25, 0.3) is 0 Å². The van der Waals surface area contributed by atoms with Crippen molar-refractivity contribution in [1.29, 1.82) is 0 Å². The normalized spacial score (nSPS) is 16.6. The van der Waals surface area contributed by atoms with Crippen LogP contribution in [0.5, 0.6) is 11.5 Å². The minimum Gasteiger partial charge on any atom is -0.497 e. The number of nitrogens with one attached hydrogen (secondary N) is 1. The van der Waals surface area contributed by atoms with E-state index in [2.05, 4.69) is 5.32 Å². The molecule has 1 aliphatic rings. The number of methoxy groups -OCH3 is 2. The highest BCUT2D eigenvalue weighted by Gasteiger charge is 2.33. The summed E-state index contributed by atoms with van der Waals surface area (Å²) in [4.78, 5) is 14.6. The Morgan fingerprint density at radius 1 is 1.16 bits per heavy atom. The fourth-order valence-corrected chi connectivity index (χ4v) is 4.07. The van der Waals surface area contributed by atoms with Gasteiger partial charge in [-0.05, 0) is 37.3 Å². The van der Waals surface area contributed by atoms with Gasteiger partial charge in [-0.1, -0.05) is 17.7 Å². The van der Waals surface area contributed by atoms with Crippen LogP contribution in [0.4, 0.5) is 10.5 Å². The van der Waals surface area contributed by atoms with Gasteiger partial charge in [-0.25, -0.2) is 4.79 Å². The van der Waals surface area contributed by atoms with E-state index in [0.29, 0.717) is 6.54 Å². The first kappa shape index (κ1) is 17.5. The van der Waals surface area contributed by atoms with E-state index in [1.807, 2.05) is 54.3 Å². The number of amides is 2. The third-order valence-corrected chi connectivity index (χ3v) is 5.40. The highest BCUT2D eigenvalue weighted by Crippen LogP contribution is 2.43. The largest absolute Gasteiger partial charge is 0.497 e. The third kappa shape index (κ3) is 3.85. The van der Waals surface area contributed by atoms with Crippen LogP contribution in [-0.4, -0.2) is 37.4 Å². The maximum atomic E-state index is 12.8. The zero-order chi connectivity index (χ0) is 17.8. The molecule has 3 rings (SSSR count). The SMILES string of the molecule is COc1ccc(OC)c(C2SCCN2C(=O)Nc2ccc(C)cc2)c1. The number of aryl methyl sites for hydroxylation is 1. The van der Waals surface area contributed by atoms with Crippen LogP contribution < -0.4 is 14.8 Å². The Bertz CT molecular complexity index is 749. The lowest BCUT2D eigenvalue weighted by Crippen LogP contribution is -2.34.